The number of hydrogen-bond donors (Lipinski definition) is 1. The van der Waals surface area contributed by atoms with Gasteiger partial charge < -0.3 is 14.8 Å². The van der Waals surface area contributed by atoms with Crippen LogP contribution in [-0.2, 0) is 14.3 Å². The van der Waals surface area contributed by atoms with Crippen LogP contribution in [0.25, 0.3) is 0 Å². The van der Waals surface area contributed by atoms with E-state index in [0.717, 1.165) is 39.0 Å². The summed E-state index contributed by atoms with van der Waals surface area (Å²) in [5.41, 5.74) is 0. The van der Waals surface area contributed by atoms with Crippen molar-refractivity contribution >= 4 is 5.91 Å². The molecule has 1 fully saturated rings. The van der Waals surface area contributed by atoms with E-state index in [-0.39, 0.29) is 12.5 Å². The first kappa shape index (κ1) is 15.4. The predicted molar refractivity (Wildman–Crippen MR) is 71.6 cm³/mol. The molecule has 1 aliphatic rings. The molecule has 1 saturated heterocycles. The average Bonchev–Trinajstić information content (AvgIpc) is 2.37. The van der Waals surface area contributed by atoms with E-state index in [1.54, 1.807) is 0 Å². The third-order valence-electron chi connectivity index (χ3n) is 3.10. The van der Waals surface area contributed by atoms with Crippen LogP contribution < -0.4 is 5.32 Å². The van der Waals surface area contributed by atoms with Crippen molar-refractivity contribution in [3.8, 4) is 0 Å². The van der Waals surface area contributed by atoms with Gasteiger partial charge in [-0.3, -0.25) is 4.79 Å². The van der Waals surface area contributed by atoms with E-state index in [1.807, 2.05) is 0 Å². The molecule has 0 aromatic carbocycles. The van der Waals surface area contributed by atoms with Crippen LogP contribution in [0.2, 0.25) is 0 Å². The highest BCUT2D eigenvalue weighted by Gasteiger charge is 2.01. The summed E-state index contributed by atoms with van der Waals surface area (Å²) < 4.78 is 10.9. The highest BCUT2D eigenvalue weighted by Crippen LogP contribution is 2.06. The molecule has 1 amide bonds. The van der Waals surface area contributed by atoms with Gasteiger partial charge in [-0.15, -0.1) is 0 Å². The van der Waals surface area contributed by atoms with Crippen molar-refractivity contribution in [3.05, 3.63) is 0 Å². The summed E-state index contributed by atoms with van der Waals surface area (Å²) >= 11 is 0. The highest BCUT2D eigenvalue weighted by molar-refractivity contribution is 5.77. The van der Waals surface area contributed by atoms with Gasteiger partial charge in [-0.25, -0.2) is 0 Å². The Morgan fingerprint density at radius 1 is 0.722 bits per heavy atom. The van der Waals surface area contributed by atoms with Crippen LogP contribution in [0, 0.1) is 0 Å². The van der Waals surface area contributed by atoms with Gasteiger partial charge in [-0.1, -0.05) is 25.7 Å². The normalized spacial score (nSPS) is 23.0. The fourth-order valence-corrected chi connectivity index (χ4v) is 1.99. The van der Waals surface area contributed by atoms with Gasteiger partial charge in [-0.2, -0.15) is 0 Å². The maximum atomic E-state index is 11.4. The van der Waals surface area contributed by atoms with E-state index < -0.39 is 0 Å². The second-order valence-electron chi connectivity index (χ2n) is 4.84. The van der Waals surface area contributed by atoms with E-state index >= 15 is 0 Å². The van der Waals surface area contributed by atoms with Crippen LogP contribution >= 0.6 is 0 Å². The highest BCUT2D eigenvalue weighted by atomic mass is 16.5. The quantitative estimate of drug-likeness (QED) is 0.724. The van der Waals surface area contributed by atoms with E-state index in [4.69, 9.17) is 9.47 Å². The van der Waals surface area contributed by atoms with Crippen molar-refractivity contribution < 1.29 is 14.3 Å². The molecule has 106 valence electrons. The molecule has 0 aromatic heterocycles. The molecule has 0 bridgehead atoms. The van der Waals surface area contributed by atoms with Crippen molar-refractivity contribution in [2.24, 2.45) is 0 Å². The summed E-state index contributed by atoms with van der Waals surface area (Å²) in [5, 5.41) is 2.86. The molecule has 0 unspecified atom stereocenters. The predicted octanol–water partition coefficient (Wildman–Crippen LogP) is 2.27. The fourth-order valence-electron chi connectivity index (χ4n) is 1.99. The minimum absolute atomic E-state index is 0.000217. The third-order valence-corrected chi connectivity index (χ3v) is 3.10. The molecule has 1 heterocycles. The van der Waals surface area contributed by atoms with E-state index in [9.17, 15) is 4.79 Å². The van der Waals surface area contributed by atoms with Crippen molar-refractivity contribution in [2.45, 2.75) is 51.4 Å². The topological polar surface area (TPSA) is 47.6 Å². The molecule has 18 heavy (non-hydrogen) atoms. The SMILES string of the molecule is O=C1COCCCCCCCCOCCCCN1. The van der Waals surface area contributed by atoms with Gasteiger partial charge in [0.2, 0.25) is 5.91 Å². The van der Waals surface area contributed by atoms with Crippen molar-refractivity contribution in [3.63, 3.8) is 0 Å². The number of carbonyl (C=O) groups excluding carboxylic acids is 1. The summed E-state index contributed by atoms with van der Waals surface area (Å²) in [4.78, 5) is 11.4. The molecule has 1 N–H and O–H groups in total. The standard InChI is InChI=1S/C14H27NO3/c16-14-13-18-12-7-4-2-1-3-6-10-17-11-8-5-9-15-14/h1-13H2,(H,15,16). The molecule has 4 nitrogen and oxygen atoms in total. The third kappa shape index (κ3) is 9.42. The minimum Gasteiger partial charge on any atom is -0.381 e. The molecule has 0 aromatic rings. The Morgan fingerprint density at radius 3 is 2.00 bits per heavy atom. The zero-order chi connectivity index (χ0) is 12.9. The lowest BCUT2D eigenvalue weighted by Gasteiger charge is -2.06. The maximum Gasteiger partial charge on any atom is 0.245 e. The first-order valence-corrected chi connectivity index (χ1v) is 7.32. The Morgan fingerprint density at radius 2 is 1.28 bits per heavy atom. The largest absolute Gasteiger partial charge is 0.381 e. The molecule has 1 rings (SSSR count). The summed E-state index contributed by atoms with van der Waals surface area (Å²) in [5.74, 6) is 0.000217. The summed E-state index contributed by atoms with van der Waals surface area (Å²) in [7, 11) is 0. The molecule has 0 aliphatic carbocycles. The zero-order valence-electron chi connectivity index (χ0n) is 11.4. The van der Waals surface area contributed by atoms with Gasteiger partial charge in [0.1, 0.15) is 6.61 Å². The number of rotatable bonds is 0. The Labute approximate surface area is 110 Å². The second-order valence-corrected chi connectivity index (χ2v) is 4.84. The van der Waals surface area contributed by atoms with E-state index in [0.29, 0.717) is 6.61 Å². The average molecular weight is 257 g/mol. The Balaban J connectivity index is 2.11. The number of hydrogen-bond acceptors (Lipinski definition) is 3. The number of nitrogens with one attached hydrogen (secondary N) is 1. The zero-order valence-corrected chi connectivity index (χ0v) is 11.4. The molecule has 0 radical (unpaired) electrons. The number of amides is 1. The molecular weight excluding hydrogens is 230 g/mol. The van der Waals surface area contributed by atoms with E-state index in [2.05, 4.69) is 5.32 Å². The van der Waals surface area contributed by atoms with Crippen molar-refractivity contribution in [2.75, 3.05) is 33.0 Å². The maximum absolute atomic E-state index is 11.4. The van der Waals surface area contributed by atoms with Gasteiger partial charge >= 0.3 is 0 Å². The van der Waals surface area contributed by atoms with Crippen molar-refractivity contribution in [1.29, 1.82) is 0 Å². The molecule has 0 atom stereocenters. The van der Waals surface area contributed by atoms with Crippen LogP contribution in [0.5, 0.6) is 0 Å². The van der Waals surface area contributed by atoms with Crippen LogP contribution in [-0.4, -0.2) is 38.9 Å². The lowest BCUT2D eigenvalue weighted by Crippen LogP contribution is -2.28. The lowest BCUT2D eigenvalue weighted by molar-refractivity contribution is -0.125. The van der Waals surface area contributed by atoms with Crippen LogP contribution in [0.4, 0.5) is 0 Å². The first-order chi connectivity index (χ1) is 8.89. The van der Waals surface area contributed by atoms with Crippen molar-refractivity contribution in [1.82, 2.24) is 5.32 Å². The fraction of sp³-hybridized carbons (Fsp3) is 0.929. The molecule has 0 saturated carbocycles. The minimum atomic E-state index is 0.000217. The Bertz CT molecular complexity index is 189. The lowest BCUT2D eigenvalue weighted by atomic mass is 10.1. The molecule has 4 heteroatoms. The molecular formula is C14H27NO3. The smallest absolute Gasteiger partial charge is 0.245 e. The van der Waals surface area contributed by atoms with Gasteiger partial charge in [0.15, 0.2) is 0 Å². The Kier molecular flexibility index (Phi) is 9.85. The monoisotopic (exact) mass is 257 g/mol. The van der Waals surface area contributed by atoms with Crippen LogP contribution in [0.1, 0.15) is 51.4 Å². The summed E-state index contributed by atoms with van der Waals surface area (Å²) in [6.45, 7) is 3.33. The van der Waals surface area contributed by atoms with Gasteiger partial charge in [0.25, 0.3) is 0 Å². The Hall–Kier alpha value is -0.610. The number of carbonyl (C=O) groups is 1. The summed E-state index contributed by atoms with van der Waals surface area (Å²) in [6.07, 6.45) is 9.23. The molecule has 1 aliphatic heterocycles. The van der Waals surface area contributed by atoms with E-state index in [1.165, 1.54) is 32.1 Å². The van der Waals surface area contributed by atoms with Gasteiger partial charge in [0.05, 0.1) is 0 Å². The number of ether oxygens (including phenoxy) is 2. The van der Waals surface area contributed by atoms with Crippen LogP contribution in [0.15, 0.2) is 0 Å². The van der Waals surface area contributed by atoms with Gasteiger partial charge in [-0.05, 0) is 25.7 Å². The summed E-state index contributed by atoms with van der Waals surface area (Å²) in [6, 6.07) is 0. The first-order valence-electron chi connectivity index (χ1n) is 7.32. The van der Waals surface area contributed by atoms with Crippen LogP contribution in [0.3, 0.4) is 0 Å². The van der Waals surface area contributed by atoms with Gasteiger partial charge in [0, 0.05) is 26.4 Å². The second kappa shape index (κ2) is 11.5. The molecule has 0 spiro atoms.